The van der Waals surface area contributed by atoms with E-state index >= 15 is 0 Å². The first kappa shape index (κ1) is 13.9. The fourth-order valence-electron chi connectivity index (χ4n) is 3.04. The Morgan fingerprint density at radius 1 is 1.25 bits per heavy atom. The highest BCUT2D eigenvalue weighted by molar-refractivity contribution is 7.22. The van der Waals surface area contributed by atoms with Gasteiger partial charge in [0.05, 0.1) is 10.2 Å². The number of fused-ring (bicyclic) bond motifs is 2. The van der Waals surface area contributed by atoms with Gasteiger partial charge in [-0.3, -0.25) is 4.79 Å². The quantitative estimate of drug-likeness (QED) is 0.766. The van der Waals surface area contributed by atoms with Gasteiger partial charge in [0.1, 0.15) is 5.82 Å². The van der Waals surface area contributed by atoms with E-state index in [0.717, 1.165) is 53.0 Å². The largest absolute Gasteiger partial charge is 0.370 e. The van der Waals surface area contributed by atoms with Crippen molar-refractivity contribution >= 4 is 38.4 Å². The summed E-state index contributed by atoms with van der Waals surface area (Å²) in [5.41, 5.74) is 4.45. The van der Waals surface area contributed by atoms with E-state index in [0.29, 0.717) is 5.13 Å². The molecule has 1 amide bonds. The first-order valence-electron chi connectivity index (χ1n) is 8.21. The van der Waals surface area contributed by atoms with Gasteiger partial charge >= 0.3 is 0 Å². The molecular formula is C18H16N4OS. The molecule has 1 aliphatic heterocycles. The van der Waals surface area contributed by atoms with E-state index in [1.165, 1.54) is 16.9 Å². The van der Waals surface area contributed by atoms with Crippen molar-refractivity contribution in [2.45, 2.75) is 19.3 Å². The molecule has 0 unspecified atom stereocenters. The molecule has 3 aromatic rings. The van der Waals surface area contributed by atoms with Crippen LogP contribution in [0.4, 0.5) is 10.9 Å². The van der Waals surface area contributed by atoms with Crippen LogP contribution in [0.3, 0.4) is 0 Å². The lowest BCUT2D eigenvalue weighted by atomic mass is 10.1. The minimum Gasteiger partial charge on any atom is -0.370 e. The molecule has 2 aromatic heterocycles. The summed E-state index contributed by atoms with van der Waals surface area (Å²) in [5, 5.41) is 6.91. The Kier molecular flexibility index (Phi) is 3.06. The van der Waals surface area contributed by atoms with Crippen LogP contribution in [-0.4, -0.2) is 22.4 Å². The molecule has 1 saturated carbocycles. The first-order chi connectivity index (χ1) is 11.8. The predicted octanol–water partition coefficient (Wildman–Crippen LogP) is 3.67. The molecule has 1 fully saturated rings. The van der Waals surface area contributed by atoms with Gasteiger partial charge in [0.2, 0.25) is 5.91 Å². The highest BCUT2D eigenvalue weighted by Crippen LogP contribution is 2.34. The van der Waals surface area contributed by atoms with Crippen LogP contribution in [0.15, 0.2) is 30.5 Å². The molecule has 5 nitrogen and oxygen atoms in total. The number of hydrogen-bond acceptors (Lipinski definition) is 5. The number of rotatable bonds is 3. The number of amides is 1. The van der Waals surface area contributed by atoms with E-state index in [4.69, 9.17) is 0 Å². The normalized spacial score (nSPS) is 16.0. The average molecular weight is 336 g/mol. The number of thiazole rings is 1. The smallest absolute Gasteiger partial charge is 0.229 e. The summed E-state index contributed by atoms with van der Waals surface area (Å²) >= 11 is 1.53. The lowest BCUT2D eigenvalue weighted by molar-refractivity contribution is -0.117. The SMILES string of the molecule is O=C(Nc1nc2ccc(-c3cnc4c(c3)CCN4)cc2s1)C1CC1. The second kappa shape index (κ2) is 5.27. The minimum atomic E-state index is 0.101. The number of carbonyl (C=O) groups excluding carboxylic acids is 1. The van der Waals surface area contributed by atoms with Gasteiger partial charge in [-0.15, -0.1) is 0 Å². The van der Waals surface area contributed by atoms with Crippen molar-refractivity contribution in [3.8, 4) is 11.1 Å². The van der Waals surface area contributed by atoms with Crippen LogP contribution in [-0.2, 0) is 11.2 Å². The van der Waals surface area contributed by atoms with Crippen LogP contribution in [0.25, 0.3) is 21.3 Å². The van der Waals surface area contributed by atoms with Gasteiger partial charge in [-0.05, 0) is 48.6 Å². The molecule has 0 spiro atoms. The lowest BCUT2D eigenvalue weighted by Gasteiger charge is -2.04. The summed E-state index contributed by atoms with van der Waals surface area (Å²) in [6, 6.07) is 8.42. The zero-order valence-corrected chi connectivity index (χ0v) is 13.8. The van der Waals surface area contributed by atoms with Crippen molar-refractivity contribution in [1.82, 2.24) is 9.97 Å². The number of anilines is 2. The van der Waals surface area contributed by atoms with Crippen molar-refractivity contribution in [2.24, 2.45) is 5.92 Å². The highest BCUT2D eigenvalue weighted by Gasteiger charge is 2.30. The van der Waals surface area contributed by atoms with Crippen molar-refractivity contribution in [2.75, 3.05) is 17.2 Å². The number of hydrogen-bond donors (Lipinski definition) is 2. The molecule has 5 rings (SSSR count). The topological polar surface area (TPSA) is 66.9 Å². The highest BCUT2D eigenvalue weighted by atomic mass is 32.1. The maximum Gasteiger partial charge on any atom is 0.229 e. The van der Waals surface area contributed by atoms with Crippen molar-refractivity contribution in [3.05, 3.63) is 36.0 Å². The van der Waals surface area contributed by atoms with Crippen LogP contribution < -0.4 is 10.6 Å². The Hall–Kier alpha value is -2.47. The molecule has 0 saturated heterocycles. The molecule has 2 aliphatic rings. The molecule has 1 aliphatic carbocycles. The molecule has 6 heteroatoms. The third kappa shape index (κ3) is 2.43. The van der Waals surface area contributed by atoms with Crippen molar-refractivity contribution in [1.29, 1.82) is 0 Å². The Morgan fingerprint density at radius 2 is 2.17 bits per heavy atom. The number of benzene rings is 1. The number of carbonyl (C=O) groups is 1. The molecule has 24 heavy (non-hydrogen) atoms. The minimum absolute atomic E-state index is 0.101. The molecular weight excluding hydrogens is 320 g/mol. The molecule has 2 N–H and O–H groups in total. The van der Waals surface area contributed by atoms with Gasteiger partial charge in [-0.2, -0.15) is 0 Å². The Morgan fingerprint density at radius 3 is 3.04 bits per heavy atom. The van der Waals surface area contributed by atoms with E-state index in [1.807, 2.05) is 12.3 Å². The third-order valence-electron chi connectivity index (χ3n) is 4.55. The second-order valence-electron chi connectivity index (χ2n) is 6.37. The Labute approximate surface area is 143 Å². The van der Waals surface area contributed by atoms with Gasteiger partial charge in [0.15, 0.2) is 5.13 Å². The summed E-state index contributed by atoms with van der Waals surface area (Å²) in [7, 11) is 0. The van der Waals surface area contributed by atoms with Gasteiger partial charge in [0.25, 0.3) is 0 Å². The standard InChI is InChI=1S/C18H16N4OS/c23-17(10-1-2-10)22-18-21-14-4-3-11(8-15(14)24-18)13-7-12-5-6-19-16(12)20-9-13/h3-4,7-10H,1-2,5-6H2,(H,19,20)(H,21,22,23). The van der Waals surface area contributed by atoms with E-state index in [9.17, 15) is 4.79 Å². The van der Waals surface area contributed by atoms with Crippen molar-refractivity contribution < 1.29 is 4.79 Å². The zero-order chi connectivity index (χ0) is 16.1. The van der Waals surface area contributed by atoms with Gasteiger partial charge in [0, 0.05) is 24.2 Å². The van der Waals surface area contributed by atoms with Gasteiger partial charge in [-0.25, -0.2) is 9.97 Å². The average Bonchev–Trinajstić information content (AvgIpc) is 3.21. The van der Waals surface area contributed by atoms with Crippen LogP contribution in [0, 0.1) is 5.92 Å². The molecule has 0 bridgehead atoms. The Bertz CT molecular complexity index is 961. The number of nitrogens with one attached hydrogen (secondary N) is 2. The number of aromatic nitrogens is 2. The molecule has 0 atom stereocenters. The lowest BCUT2D eigenvalue weighted by Crippen LogP contribution is -2.12. The molecule has 3 heterocycles. The zero-order valence-electron chi connectivity index (χ0n) is 13.0. The van der Waals surface area contributed by atoms with Crippen LogP contribution in [0.5, 0.6) is 0 Å². The van der Waals surface area contributed by atoms with Crippen LogP contribution in [0.1, 0.15) is 18.4 Å². The summed E-state index contributed by atoms with van der Waals surface area (Å²) < 4.78 is 1.08. The fourth-order valence-corrected chi connectivity index (χ4v) is 3.95. The van der Waals surface area contributed by atoms with E-state index in [2.05, 4.69) is 38.8 Å². The van der Waals surface area contributed by atoms with E-state index in [-0.39, 0.29) is 11.8 Å². The Balaban J connectivity index is 1.47. The molecule has 120 valence electrons. The van der Waals surface area contributed by atoms with Crippen LogP contribution >= 0.6 is 11.3 Å². The molecule has 0 radical (unpaired) electrons. The van der Waals surface area contributed by atoms with Crippen LogP contribution in [0.2, 0.25) is 0 Å². The van der Waals surface area contributed by atoms with Gasteiger partial charge < -0.3 is 10.6 Å². The third-order valence-corrected chi connectivity index (χ3v) is 5.49. The summed E-state index contributed by atoms with van der Waals surface area (Å²) in [5.74, 6) is 1.30. The fraction of sp³-hybridized carbons (Fsp3) is 0.278. The number of pyridine rings is 1. The second-order valence-corrected chi connectivity index (χ2v) is 7.40. The number of nitrogens with zero attached hydrogens (tertiary/aromatic N) is 2. The first-order valence-corrected chi connectivity index (χ1v) is 9.02. The van der Waals surface area contributed by atoms with Crippen molar-refractivity contribution in [3.63, 3.8) is 0 Å². The summed E-state index contributed by atoms with van der Waals surface area (Å²) in [6.45, 7) is 0.962. The van der Waals surface area contributed by atoms with E-state index in [1.54, 1.807) is 0 Å². The molecule has 1 aromatic carbocycles. The van der Waals surface area contributed by atoms with E-state index < -0.39 is 0 Å². The maximum atomic E-state index is 11.9. The summed E-state index contributed by atoms with van der Waals surface area (Å²) in [6.07, 6.45) is 4.94. The maximum absolute atomic E-state index is 11.9. The van der Waals surface area contributed by atoms with Gasteiger partial charge in [-0.1, -0.05) is 17.4 Å². The monoisotopic (exact) mass is 336 g/mol. The predicted molar refractivity (Wildman–Crippen MR) is 96.4 cm³/mol. The summed E-state index contributed by atoms with van der Waals surface area (Å²) in [4.78, 5) is 20.9.